The maximum Gasteiger partial charge on any atom is 0.0751 e. The van der Waals surface area contributed by atoms with Gasteiger partial charge in [0.05, 0.1) is 14.2 Å². The van der Waals surface area contributed by atoms with Crippen LogP contribution in [0.4, 0.5) is 0 Å². The summed E-state index contributed by atoms with van der Waals surface area (Å²) < 4.78 is 0. The highest BCUT2D eigenvalue weighted by Gasteiger charge is 2.07. The van der Waals surface area contributed by atoms with Gasteiger partial charge in [-0.3, -0.25) is 0 Å². The molecule has 0 fully saturated rings. The Morgan fingerprint density at radius 2 is 1.69 bits per heavy atom. The lowest BCUT2D eigenvalue weighted by Crippen LogP contribution is -2.17. The lowest BCUT2D eigenvalue weighted by molar-refractivity contribution is 0.227. The van der Waals surface area contributed by atoms with Gasteiger partial charge in [0.2, 0.25) is 0 Å². The number of allylic oxidation sites excluding steroid dienone is 3. The molecule has 92 valence electrons. The van der Waals surface area contributed by atoms with Gasteiger partial charge in [0.1, 0.15) is 0 Å². The molecule has 1 nitrogen and oxygen atoms in total. The summed E-state index contributed by atoms with van der Waals surface area (Å²) >= 11 is 0. The zero-order chi connectivity index (χ0) is 12.4. The third-order valence-corrected chi connectivity index (χ3v) is 3.23. The van der Waals surface area contributed by atoms with Crippen molar-refractivity contribution in [2.45, 2.75) is 51.9 Å². The van der Waals surface area contributed by atoms with Crippen molar-refractivity contribution in [1.82, 2.24) is 0 Å². The third kappa shape index (κ3) is 11.5. The molecule has 0 aliphatic heterocycles. The second-order valence-corrected chi connectivity index (χ2v) is 10.2. The van der Waals surface area contributed by atoms with Gasteiger partial charge in [-0.15, -0.1) is 0 Å². The first-order valence-electron chi connectivity index (χ1n) is 6.13. The fraction of sp³-hybridized carbons (Fsp3) is 0.571. The van der Waals surface area contributed by atoms with E-state index >= 15 is 0 Å². The quantitative estimate of drug-likeness (QED) is 0.523. The Balaban J connectivity index is 3.77. The van der Waals surface area contributed by atoms with Crippen LogP contribution in [0.5, 0.6) is 0 Å². The van der Waals surface area contributed by atoms with Crippen LogP contribution in [0.1, 0.15) is 26.2 Å². The van der Waals surface area contributed by atoms with Crippen LogP contribution in [0.25, 0.3) is 0 Å². The van der Waals surface area contributed by atoms with E-state index in [2.05, 4.69) is 56.6 Å². The number of hydrogen-bond acceptors (Lipinski definition) is 1. The SMILES string of the molecule is CC/C=C\C/C=C\C[C@@H](O)/C=C/[Si](C)(C)C. The Bertz CT molecular complexity index is 246. The number of aliphatic hydroxyl groups is 1. The molecule has 0 bridgehead atoms. The van der Waals surface area contributed by atoms with Crippen LogP contribution < -0.4 is 0 Å². The van der Waals surface area contributed by atoms with E-state index in [0.717, 1.165) is 19.3 Å². The van der Waals surface area contributed by atoms with Crippen molar-refractivity contribution < 1.29 is 5.11 Å². The maximum absolute atomic E-state index is 9.68. The normalized spacial score (nSPS) is 15.6. The lowest BCUT2D eigenvalue weighted by atomic mass is 10.2. The molecule has 0 aliphatic carbocycles. The van der Waals surface area contributed by atoms with Crippen molar-refractivity contribution >= 4 is 8.07 Å². The van der Waals surface area contributed by atoms with Gasteiger partial charge in [-0.1, -0.05) is 62.6 Å². The first kappa shape index (κ1) is 15.4. The summed E-state index contributed by atoms with van der Waals surface area (Å²) in [5.41, 5.74) is 2.20. The molecule has 2 heteroatoms. The Hall–Kier alpha value is -0.603. The lowest BCUT2D eigenvalue weighted by Gasteiger charge is -2.09. The molecule has 0 aliphatic rings. The second kappa shape index (κ2) is 8.54. The minimum Gasteiger partial charge on any atom is -0.389 e. The van der Waals surface area contributed by atoms with Gasteiger partial charge >= 0.3 is 0 Å². The van der Waals surface area contributed by atoms with E-state index in [1.165, 1.54) is 0 Å². The van der Waals surface area contributed by atoms with E-state index in [4.69, 9.17) is 0 Å². The second-order valence-electron chi connectivity index (χ2n) is 5.11. The molecule has 0 aromatic rings. The molecule has 0 heterocycles. The monoisotopic (exact) mass is 238 g/mol. The molecule has 0 unspecified atom stereocenters. The van der Waals surface area contributed by atoms with Crippen molar-refractivity contribution in [3.63, 3.8) is 0 Å². The molecular weight excluding hydrogens is 212 g/mol. The summed E-state index contributed by atoms with van der Waals surface area (Å²) in [6, 6.07) is 0. The molecule has 0 spiro atoms. The highest BCUT2D eigenvalue weighted by Crippen LogP contribution is 2.05. The molecule has 1 atom stereocenters. The molecule has 0 aromatic heterocycles. The van der Waals surface area contributed by atoms with Gasteiger partial charge in [-0.2, -0.15) is 0 Å². The molecule has 0 amide bonds. The van der Waals surface area contributed by atoms with Crippen LogP contribution in [-0.4, -0.2) is 19.3 Å². The van der Waals surface area contributed by atoms with Gasteiger partial charge in [0.15, 0.2) is 0 Å². The minimum atomic E-state index is -1.16. The molecule has 0 saturated carbocycles. The Morgan fingerprint density at radius 1 is 1.06 bits per heavy atom. The highest BCUT2D eigenvalue weighted by molar-refractivity contribution is 6.80. The average molecular weight is 238 g/mol. The fourth-order valence-electron chi connectivity index (χ4n) is 1.15. The summed E-state index contributed by atoms with van der Waals surface area (Å²) in [7, 11) is -1.16. The summed E-state index contributed by atoms with van der Waals surface area (Å²) in [4.78, 5) is 0. The zero-order valence-electron chi connectivity index (χ0n) is 11.1. The molecule has 0 aromatic carbocycles. The van der Waals surface area contributed by atoms with Gasteiger partial charge in [0.25, 0.3) is 0 Å². The molecule has 1 N–H and O–H groups in total. The van der Waals surface area contributed by atoms with E-state index in [1.807, 2.05) is 6.08 Å². The van der Waals surface area contributed by atoms with Crippen molar-refractivity contribution in [3.05, 3.63) is 36.1 Å². The topological polar surface area (TPSA) is 20.2 Å². The maximum atomic E-state index is 9.68. The van der Waals surface area contributed by atoms with Crippen molar-refractivity contribution in [1.29, 1.82) is 0 Å². The third-order valence-electron chi connectivity index (χ3n) is 2.04. The van der Waals surface area contributed by atoms with E-state index in [0.29, 0.717) is 0 Å². The molecular formula is C14H26OSi. The Labute approximate surface area is 102 Å². The number of rotatable bonds is 7. The summed E-state index contributed by atoms with van der Waals surface area (Å²) in [6.07, 6.45) is 12.9. The molecule has 16 heavy (non-hydrogen) atoms. The van der Waals surface area contributed by atoms with Crippen molar-refractivity contribution in [3.8, 4) is 0 Å². The summed E-state index contributed by atoms with van der Waals surface area (Å²) in [5.74, 6) is 0. The van der Waals surface area contributed by atoms with E-state index in [-0.39, 0.29) is 6.10 Å². The zero-order valence-corrected chi connectivity index (χ0v) is 12.1. The van der Waals surface area contributed by atoms with Crippen molar-refractivity contribution in [2.75, 3.05) is 0 Å². The first-order valence-corrected chi connectivity index (χ1v) is 9.71. The first-order chi connectivity index (χ1) is 7.45. The predicted molar refractivity (Wildman–Crippen MR) is 76.3 cm³/mol. The van der Waals surface area contributed by atoms with Gasteiger partial charge in [0, 0.05) is 0 Å². The number of aliphatic hydroxyl groups excluding tert-OH is 1. The van der Waals surface area contributed by atoms with Gasteiger partial charge in [-0.05, 0) is 19.3 Å². The molecule has 0 rings (SSSR count). The van der Waals surface area contributed by atoms with Crippen LogP contribution in [0.2, 0.25) is 19.6 Å². The van der Waals surface area contributed by atoms with Gasteiger partial charge < -0.3 is 5.11 Å². The van der Waals surface area contributed by atoms with Crippen LogP contribution in [0, 0.1) is 0 Å². The standard InChI is InChI=1S/C14H26OSi/c1-5-6-7-8-9-10-11-14(15)12-13-16(2,3)4/h6-7,9-10,12-15H,5,8,11H2,1-4H3/b7-6-,10-9-,13-12+/t14-/m1/s1. The van der Waals surface area contributed by atoms with Crippen LogP contribution in [0.15, 0.2) is 36.1 Å². The van der Waals surface area contributed by atoms with Crippen LogP contribution in [-0.2, 0) is 0 Å². The average Bonchev–Trinajstić information content (AvgIpc) is 2.19. The smallest absolute Gasteiger partial charge is 0.0751 e. The van der Waals surface area contributed by atoms with Crippen LogP contribution in [0.3, 0.4) is 0 Å². The summed E-state index contributed by atoms with van der Waals surface area (Å²) in [5, 5.41) is 9.68. The molecule has 0 radical (unpaired) electrons. The largest absolute Gasteiger partial charge is 0.389 e. The van der Waals surface area contributed by atoms with E-state index in [9.17, 15) is 5.11 Å². The Morgan fingerprint density at radius 3 is 2.25 bits per heavy atom. The minimum absolute atomic E-state index is 0.321. The van der Waals surface area contributed by atoms with Gasteiger partial charge in [-0.25, -0.2) is 0 Å². The van der Waals surface area contributed by atoms with Crippen LogP contribution >= 0.6 is 0 Å². The molecule has 0 saturated heterocycles. The summed E-state index contributed by atoms with van der Waals surface area (Å²) in [6.45, 7) is 8.93. The predicted octanol–water partition coefficient (Wildman–Crippen LogP) is 4.08. The van der Waals surface area contributed by atoms with E-state index in [1.54, 1.807) is 0 Å². The highest BCUT2D eigenvalue weighted by atomic mass is 28.3. The number of hydrogen-bond donors (Lipinski definition) is 1. The van der Waals surface area contributed by atoms with Crippen molar-refractivity contribution in [2.24, 2.45) is 0 Å². The van der Waals surface area contributed by atoms with E-state index < -0.39 is 8.07 Å². The Kier molecular flexibility index (Phi) is 8.22. The fourth-order valence-corrected chi connectivity index (χ4v) is 1.95.